The molecule has 0 saturated heterocycles. The molecule has 0 radical (unpaired) electrons. The topological polar surface area (TPSA) is 0 Å². The molecule has 0 aliphatic heterocycles. The number of allylic oxidation sites excluding steroid dienone is 2. The third kappa shape index (κ3) is 97.3. The van der Waals surface area contributed by atoms with E-state index in [1.54, 1.807) is 6.08 Å². The molecule has 0 nitrogen and oxygen atoms in total. The van der Waals surface area contributed by atoms with Crippen LogP contribution in [0.4, 0.5) is 0 Å². The fourth-order valence-corrected chi connectivity index (χ4v) is 0. The standard InChI is InChI=1S/C4H7.C3H7.Mg/c1-3-4-2;1-3-2;/h3-4H,1H2,2H3;1,3H2,2H3;/q2*-1;+2/b4-3+;;. The van der Waals surface area contributed by atoms with Crippen LogP contribution in [-0.2, 0) is 0 Å². The van der Waals surface area contributed by atoms with Crippen molar-refractivity contribution >= 4 is 23.1 Å². The molecule has 0 aromatic heterocycles. The van der Waals surface area contributed by atoms with E-state index < -0.39 is 0 Å². The molecule has 0 aliphatic carbocycles. The average molecular weight is 122 g/mol. The van der Waals surface area contributed by atoms with Crippen LogP contribution in [0.5, 0.6) is 0 Å². The minimum atomic E-state index is 0. The smallest absolute Gasteiger partial charge is 0.344 e. The number of hydrogen-bond acceptors (Lipinski definition) is 0. The minimum absolute atomic E-state index is 0. The fraction of sp³-hybridized carbons (Fsp3) is 0.429. The van der Waals surface area contributed by atoms with Gasteiger partial charge in [-0.15, -0.1) is 6.92 Å². The van der Waals surface area contributed by atoms with Gasteiger partial charge in [0.15, 0.2) is 0 Å². The van der Waals surface area contributed by atoms with Gasteiger partial charge in [0.1, 0.15) is 0 Å². The van der Waals surface area contributed by atoms with Gasteiger partial charge in [-0.1, -0.05) is 6.92 Å². The second-order valence-corrected chi connectivity index (χ2v) is 1.07. The van der Waals surface area contributed by atoms with Crippen LogP contribution in [0.15, 0.2) is 12.2 Å². The van der Waals surface area contributed by atoms with Crippen LogP contribution in [0.3, 0.4) is 0 Å². The molecule has 0 unspecified atom stereocenters. The van der Waals surface area contributed by atoms with E-state index in [2.05, 4.69) is 13.8 Å². The molecule has 44 valence electrons. The summed E-state index contributed by atoms with van der Waals surface area (Å²) in [5.74, 6) is 0. The minimum Gasteiger partial charge on any atom is -0.344 e. The van der Waals surface area contributed by atoms with Gasteiger partial charge in [-0.3, -0.25) is 0 Å². The van der Waals surface area contributed by atoms with Crippen LogP contribution in [0.25, 0.3) is 0 Å². The zero-order valence-electron chi connectivity index (χ0n) is 5.98. The van der Waals surface area contributed by atoms with E-state index >= 15 is 0 Å². The predicted molar refractivity (Wildman–Crippen MR) is 41.6 cm³/mol. The van der Waals surface area contributed by atoms with Gasteiger partial charge < -0.3 is 6.92 Å². The van der Waals surface area contributed by atoms with E-state index in [-0.39, 0.29) is 23.1 Å². The van der Waals surface area contributed by atoms with Gasteiger partial charge in [-0.2, -0.15) is 6.42 Å². The van der Waals surface area contributed by atoms with Gasteiger partial charge in [0, 0.05) is 0 Å². The van der Waals surface area contributed by atoms with Gasteiger partial charge in [-0.05, 0) is 0 Å². The van der Waals surface area contributed by atoms with Gasteiger partial charge in [0.25, 0.3) is 0 Å². The number of hydrogen-bond donors (Lipinski definition) is 0. The quantitative estimate of drug-likeness (QED) is 0.342. The SMILES string of the molecule is [CH2-]/C=C/C.[CH2-]CC.[Mg+2]. The summed E-state index contributed by atoms with van der Waals surface area (Å²) in [4.78, 5) is 0. The summed E-state index contributed by atoms with van der Waals surface area (Å²) in [6.45, 7) is 10.9. The van der Waals surface area contributed by atoms with E-state index in [1.165, 1.54) is 0 Å². The first-order valence-electron chi connectivity index (χ1n) is 2.53. The van der Waals surface area contributed by atoms with E-state index in [9.17, 15) is 0 Å². The third-order valence-electron chi connectivity index (χ3n) is 0.236. The number of rotatable bonds is 0. The van der Waals surface area contributed by atoms with Gasteiger partial charge in [0.2, 0.25) is 0 Å². The molecule has 0 bridgehead atoms. The predicted octanol–water partition coefficient (Wildman–Crippen LogP) is 2.25. The summed E-state index contributed by atoms with van der Waals surface area (Å²) in [6.07, 6.45) is 4.64. The molecule has 0 N–H and O–H groups in total. The maximum absolute atomic E-state index is 3.49. The van der Waals surface area contributed by atoms with E-state index in [4.69, 9.17) is 0 Å². The summed E-state index contributed by atoms with van der Waals surface area (Å²) >= 11 is 0. The Hall–Kier alpha value is 0.376. The molecular weight excluding hydrogens is 108 g/mol. The summed E-state index contributed by atoms with van der Waals surface area (Å²) in [6, 6.07) is 0. The maximum Gasteiger partial charge on any atom is 2.00 e. The van der Waals surface area contributed by atoms with Crippen molar-refractivity contribution in [2.75, 3.05) is 0 Å². The van der Waals surface area contributed by atoms with Gasteiger partial charge in [-0.25, -0.2) is 19.1 Å². The van der Waals surface area contributed by atoms with Gasteiger partial charge >= 0.3 is 23.1 Å². The molecule has 0 rings (SSSR count). The molecule has 0 saturated carbocycles. The first kappa shape index (κ1) is 15.8. The Kier molecular flexibility index (Phi) is 51.9. The summed E-state index contributed by atoms with van der Waals surface area (Å²) in [7, 11) is 0. The second kappa shape index (κ2) is 26.3. The van der Waals surface area contributed by atoms with E-state index in [1.807, 2.05) is 19.9 Å². The van der Waals surface area contributed by atoms with Crippen molar-refractivity contribution in [2.24, 2.45) is 0 Å². The average Bonchev–Trinajstić information content (AvgIpc) is 1.69. The summed E-state index contributed by atoms with van der Waals surface area (Å²) in [5.41, 5.74) is 0. The molecule has 0 aromatic carbocycles. The Morgan fingerprint density at radius 1 is 1.50 bits per heavy atom. The second-order valence-electron chi connectivity index (χ2n) is 1.07. The Morgan fingerprint density at radius 3 is 1.62 bits per heavy atom. The molecular formula is C7H14Mg. The van der Waals surface area contributed by atoms with Crippen molar-refractivity contribution in [3.63, 3.8) is 0 Å². The first-order valence-corrected chi connectivity index (χ1v) is 2.53. The maximum atomic E-state index is 3.49. The Labute approximate surface area is 69.5 Å². The van der Waals surface area contributed by atoms with Crippen LogP contribution < -0.4 is 0 Å². The molecule has 0 aromatic rings. The molecule has 0 amide bonds. The molecule has 0 spiro atoms. The van der Waals surface area contributed by atoms with Crippen molar-refractivity contribution < 1.29 is 0 Å². The zero-order chi connectivity index (χ0) is 6.12. The summed E-state index contributed by atoms with van der Waals surface area (Å²) < 4.78 is 0. The third-order valence-corrected chi connectivity index (χ3v) is 0.236. The normalized spacial score (nSPS) is 6.88. The molecule has 1 heteroatoms. The largest absolute Gasteiger partial charge is 2.00 e. The van der Waals surface area contributed by atoms with Crippen LogP contribution in [-0.4, -0.2) is 23.1 Å². The zero-order valence-corrected chi connectivity index (χ0v) is 7.40. The first-order chi connectivity index (χ1) is 3.33. The van der Waals surface area contributed by atoms with Crippen molar-refractivity contribution in [1.29, 1.82) is 0 Å². The van der Waals surface area contributed by atoms with Crippen molar-refractivity contribution in [3.05, 3.63) is 26.0 Å². The van der Waals surface area contributed by atoms with Crippen LogP contribution in [0, 0.1) is 13.8 Å². The van der Waals surface area contributed by atoms with Crippen molar-refractivity contribution in [2.45, 2.75) is 20.3 Å². The van der Waals surface area contributed by atoms with E-state index in [0.717, 1.165) is 6.42 Å². The molecule has 8 heavy (non-hydrogen) atoms. The monoisotopic (exact) mass is 122 g/mol. The molecule has 0 aliphatic rings. The summed E-state index contributed by atoms with van der Waals surface area (Å²) in [5, 5.41) is 0. The van der Waals surface area contributed by atoms with E-state index in [0.29, 0.717) is 0 Å². The molecule has 0 fully saturated rings. The van der Waals surface area contributed by atoms with Crippen LogP contribution >= 0.6 is 0 Å². The van der Waals surface area contributed by atoms with Crippen molar-refractivity contribution in [3.8, 4) is 0 Å². The molecule has 0 atom stereocenters. The Balaban J connectivity index is -0.0000000575. The van der Waals surface area contributed by atoms with Crippen molar-refractivity contribution in [1.82, 2.24) is 0 Å². The Morgan fingerprint density at radius 2 is 1.62 bits per heavy atom. The Bertz CT molecular complexity index is 27.4. The fourth-order valence-electron chi connectivity index (χ4n) is 0. The molecule has 0 heterocycles. The van der Waals surface area contributed by atoms with Gasteiger partial charge in [0.05, 0.1) is 0 Å². The van der Waals surface area contributed by atoms with Crippen LogP contribution in [0.1, 0.15) is 20.3 Å². The van der Waals surface area contributed by atoms with Crippen LogP contribution in [0.2, 0.25) is 0 Å².